The third kappa shape index (κ3) is 20.3. The molecule has 0 saturated carbocycles. The molecule has 1 atom stereocenters. The number of nitrogens with one attached hydrogen (secondary N) is 1. The largest absolute Gasteiger partial charge is 0.456 e. The van der Waals surface area contributed by atoms with Gasteiger partial charge in [0.15, 0.2) is 6.61 Å². The van der Waals surface area contributed by atoms with Crippen LogP contribution in [0.25, 0.3) is 0 Å². The minimum Gasteiger partial charge on any atom is -0.456 e. The van der Waals surface area contributed by atoms with Gasteiger partial charge in [0.25, 0.3) is 5.91 Å². The molecule has 226 valence electrons. The molecule has 0 spiro atoms. The van der Waals surface area contributed by atoms with Crippen LogP contribution in [-0.2, 0) is 19.1 Å². The predicted octanol–water partition coefficient (Wildman–Crippen LogP) is 6.94. The van der Waals surface area contributed by atoms with Crippen molar-refractivity contribution in [2.75, 3.05) is 26.3 Å². The molecule has 1 fully saturated rings. The summed E-state index contributed by atoms with van der Waals surface area (Å²) in [7, 11) is 0. The van der Waals surface area contributed by atoms with Crippen LogP contribution in [0.1, 0.15) is 151 Å². The van der Waals surface area contributed by atoms with E-state index >= 15 is 0 Å². The van der Waals surface area contributed by atoms with E-state index in [-0.39, 0.29) is 38.5 Å². The van der Waals surface area contributed by atoms with Gasteiger partial charge in [0.05, 0.1) is 12.6 Å². The van der Waals surface area contributed by atoms with Crippen molar-refractivity contribution in [3.63, 3.8) is 0 Å². The maximum atomic E-state index is 12.2. The lowest BCUT2D eigenvalue weighted by molar-refractivity contribution is -0.148. The molecule has 0 aromatic rings. The van der Waals surface area contributed by atoms with Crippen molar-refractivity contribution < 1.29 is 25.7 Å². The van der Waals surface area contributed by atoms with Gasteiger partial charge in [0, 0.05) is 27.4 Å². The molecule has 2 amide bonds. The first-order chi connectivity index (χ1) is 18.6. The van der Waals surface area contributed by atoms with Crippen LogP contribution in [0.2, 0.25) is 0 Å². The fraction of sp³-hybridized carbons (Fsp3) is 0.903. The first-order valence-corrected chi connectivity index (χ1v) is 15.9. The molecule has 0 radical (unpaired) electrons. The quantitative estimate of drug-likeness (QED) is 0.108. The molecule has 1 aliphatic rings. The summed E-state index contributed by atoms with van der Waals surface area (Å²) in [6, 6.07) is -0.0102. The number of nitrogens with zero attached hydrogens (tertiary/aromatic N) is 1. The van der Waals surface area contributed by atoms with E-state index in [1.165, 1.54) is 64.2 Å². The molecule has 0 aliphatic carbocycles. The van der Waals surface area contributed by atoms with E-state index in [0.29, 0.717) is 19.4 Å². The summed E-state index contributed by atoms with van der Waals surface area (Å²) in [5.74, 6) is -0.450. The van der Waals surface area contributed by atoms with Crippen molar-refractivity contribution >= 4 is 17.8 Å². The van der Waals surface area contributed by atoms with Gasteiger partial charge in [-0.3, -0.25) is 14.4 Å². The number of ether oxygens (including phenoxy) is 1. The Balaban J connectivity index is 0. The summed E-state index contributed by atoms with van der Waals surface area (Å²) >= 11 is 0. The van der Waals surface area contributed by atoms with E-state index in [1.54, 1.807) is 4.90 Å². The second-order valence-electron chi connectivity index (χ2n) is 10.4. The van der Waals surface area contributed by atoms with Crippen LogP contribution in [0.4, 0.5) is 0 Å². The van der Waals surface area contributed by atoms with E-state index in [0.717, 1.165) is 57.9 Å². The van der Waals surface area contributed by atoms with Crippen molar-refractivity contribution in [2.45, 2.75) is 155 Å². The summed E-state index contributed by atoms with van der Waals surface area (Å²) in [5.41, 5.74) is 0. The Morgan fingerprint density at radius 3 is 1.92 bits per heavy atom. The third-order valence-corrected chi connectivity index (χ3v) is 7.15. The number of hydrogen-bond donors (Lipinski definition) is 2. The first-order valence-electron chi connectivity index (χ1n) is 15.9. The van der Waals surface area contributed by atoms with E-state index in [4.69, 9.17) is 4.74 Å². The van der Waals surface area contributed by atoms with Crippen molar-refractivity contribution in [3.8, 4) is 0 Å². The number of carbonyl (C=O) groups is 3. The monoisotopic (exact) mass is 542 g/mol. The van der Waals surface area contributed by atoms with Crippen LogP contribution in [0.15, 0.2) is 0 Å². The molecule has 7 nitrogen and oxygen atoms in total. The zero-order valence-corrected chi connectivity index (χ0v) is 25.1. The second-order valence-corrected chi connectivity index (χ2v) is 10.4. The molecule has 0 bridgehead atoms. The lowest BCUT2D eigenvalue weighted by Gasteiger charge is -2.22. The van der Waals surface area contributed by atoms with Gasteiger partial charge in [0.2, 0.25) is 5.91 Å². The van der Waals surface area contributed by atoms with Crippen LogP contribution in [-0.4, -0.2) is 60.1 Å². The molecule has 0 aromatic carbocycles. The molecule has 0 aromatic heterocycles. The SMILES string of the molecule is CC.CCCCCCCCCCCCCCCC(=O)OCC(=O)NCCCCCC(=O)N1CCC[C@H]1CO.[HH]. The maximum absolute atomic E-state index is 12.2. The highest BCUT2D eigenvalue weighted by molar-refractivity contribution is 5.80. The lowest BCUT2D eigenvalue weighted by Crippen LogP contribution is -2.37. The Hall–Kier alpha value is -1.63. The third-order valence-electron chi connectivity index (χ3n) is 7.15. The Bertz CT molecular complexity index is 591. The van der Waals surface area contributed by atoms with Crippen LogP contribution in [0.3, 0.4) is 0 Å². The summed E-state index contributed by atoms with van der Waals surface area (Å²) in [5, 5.41) is 12.1. The molecular weight excluding hydrogens is 480 g/mol. The van der Waals surface area contributed by atoms with Gasteiger partial charge in [-0.1, -0.05) is 104 Å². The highest BCUT2D eigenvalue weighted by Gasteiger charge is 2.27. The Labute approximate surface area is 235 Å². The molecule has 38 heavy (non-hydrogen) atoms. The van der Waals surface area contributed by atoms with Gasteiger partial charge >= 0.3 is 5.97 Å². The number of aliphatic hydroxyl groups excluding tert-OH is 1. The number of hydrogen-bond acceptors (Lipinski definition) is 5. The van der Waals surface area contributed by atoms with Crippen LogP contribution in [0.5, 0.6) is 0 Å². The van der Waals surface area contributed by atoms with Gasteiger partial charge in [-0.15, -0.1) is 0 Å². The molecule has 2 N–H and O–H groups in total. The number of aliphatic hydroxyl groups is 1. The van der Waals surface area contributed by atoms with Crippen molar-refractivity contribution in [2.24, 2.45) is 0 Å². The average molecular weight is 543 g/mol. The fourth-order valence-corrected chi connectivity index (χ4v) is 4.86. The number of esters is 1. The van der Waals surface area contributed by atoms with Crippen LogP contribution < -0.4 is 5.32 Å². The highest BCUT2D eigenvalue weighted by Crippen LogP contribution is 2.18. The van der Waals surface area contributed by atoms with E-state index in [9.17, 15) is 19.5 Å². The summed E-state index contributed by atoms with van der Waals surface area (Å²) in [6.07, 6.45) is 21.6. The summed E-state index contributed by atoms with van der Waals surface area (Å²) in [6.45, 7) is 7.35. The molecule has 1 rings (SSSR count). The number of likely N-dealkylation sites (tertiary alicyclic amines) is 1. The molecule has 0 unspecified atom stereocenters. The number of unbranched alkanes of at least 4 members (excludes halogenated alkanes) is 14. The molecule has 1 saturated heterocycles. The minimum absolute atomic E-state index is 0. The van der Waals surface area contributed by atoms with Crippen molar-refractivity contribution in [1.82, 2.24) is 10.2 Å². The smallest absolute Gasteiger partial charge is 0.306 e. The zero-order valence-electron chi connectivity index (χ0n) is 25.1. The van der Waals surface area contributed by atoms with Gasteiger partial charge in [0.1, 0.15) is 0 Å². The Kier molecular flexibility index (Phi) is 25.8. The van der Waals surface area contributed by atoms with E-state index < -0.39 is 0 Å². The summed E-state index contributed by atoms with van der Waals surface area (Å²) < 4.78 is 5.08. The van der Waals surface area contributed by atoms with Gasteiger partial charge in [-0.2, -0.15) is 0 Å². The number of amides is 2. The van der Waals surface area contributed by atoms with Crippen LogP contribution >= 0.6 is 0 Å². The average Bonchev–Trinajstić information content (AvgIpc) is 3.42. The molecule has 7 heteroatoms. The topological polar surface area (TPSA) is 95.9 Å². The van der Waals surface area contributed by atoms with E-state index in [2.05, 4.69) is 12.2 Å². The van der Waals surface area contributed by atoms with Gasteiger partial charge in [-0.05, 0) is 32.1 Å². The van der Waals surface area contributed by atoms with Gasteiger partial charge in [-0.25, -0.2) is 0 Å². The highest BCUT2D eigenvalue weighted by atomic mass is 16.5. The number of carbonyl (C=O) groups excluding carboxylic acids is 3. The predicted molar refractivity (Wildman–Crippen MR) is 158 cm³/mol. The number of rotatable bonds is 23. The Morgan fingerprint density at radius 1 is 0.816 bits per heavy atom. The fourth-order valence-electron chi connectivity index (χ4n) is 4.86. The Morgan fingerprint density at radius 2 is 1.34 bits per heavy atom. The minimum atomic E-state index is -0.296. The normalized spacial score (nSPS) is 14.6. The first kappa shape index (κ1) is 36.4. The molecule has 1 aliphatic heterocycles. The molecule has 1 heterocycles. The summed E-state index contributed by atoms with van der Waals surface area (Å²) in [4.78, 5) is 37.7. The molecular formula is C31H62N2O5. The second kappa shape index (κ2) is 27.0. The van der Waals surface area contributed by atoms with Crippen molar-refractivity contribution in [3.05, 3.63) is 0 Å². The van der Waals surface area contributed by atoms with Crippen LogP contribution in [0, 0.1) is 0 Å². The maximum Gasteiger partial charge on any atom is 0.306 e. The zero-order chi connectivity index (χ0) is 28.3. The van der Waals surface area contributed by atoms with Crippen molar-refractivity contribution in [1.29, 1.82) is 0 Å². The lowest BCUT2D eigenvalue weighted by atomic mass is 10.0. The van der Waals surface area contributed by atoms with Gasteiger partial charge < -0.3 is 20.1 Å². The van der Waals surface area contributed by atoms with E-state index in [1.807, 2.05) is 13.8 Å². The standard InChI is InChI=1S/C29H54N2O5.C2H6.H2/c1-2-3-4-5-6-7-8-9-10-11-12-13-16-21-29(35)36-25-27(33)30-22-17-14-15-20-28(34)31-23-18-19-26(31)24-32;1-2;/h26,32H,2-25H2,1H3,(H,30,33);1-2H3;1H/t26-;;/m0../s1.